The van der Waals surface area contributed by atoms with Crippen molar-refractivity contribution in [3.63, 3.8) is 0 Å². The van der Waals surface area contributed by atoms with Gasteiger partial charge in [0.2, 0.25) is 5.91 Å². The second kappa shape index (κ2) is 10.1. The Morgan fingerprint density at radius 3 is 2.80 bits per heavy atom. The number of likely N-dealkylation sites (tertiary alicyclic amines) is 1. The van der Waals surface area contributed by atoms with E-state index >= 15 is 0 Å². The van der Waals surface area contributed by atoms with Crippen molar-refractivity contribution in [1.82, 2.24) is 9.80 Å². The van der Waals surface area contributed by atoms with Crippen molar-refractivity contribution in [2.75, 3.05) is 25.0 Å². The number of amides is 3. The van der Waals surface area contributed by atoms with E-state index in [0.717, 1.165) is 28.6 Å². The third-order valence-electron chi connectivity index (χ3n) is 5.39. The van der Waals surface area contributed by atoms with E-state index in [0.29, 0.717) is 25.2 Å². The van der Waals surface area contributed by atoms with E-state index < -0.39 is 0 Å². The van der Waals surface area contributed by atoms with Crippen LogP contribution in [-0.2, 0) is 11.3 Å². The van der Waals surface area contributed by atoms with Gasteiger partial charge in [0.1, 0.15) is 5.82 Å². The third-order valence-corrected chi connectivity index (χ3v) is 5.88. The highest BCUT2D eigenvalue weighted by molar-refractivity contribution is 9.10. The molecule has 30 heavy (non-hydrogen) atoms. The lowest BCUT2D eigenvalue weighted by Crippen LogP contribution is -2.47. The van der Waals surface area contributed by atoms with Crippen LogP contribution in [0.1, 0.15) is 30.9 Å². The quantitative estimate of drug-likeness (QED) is 0.646. The van der Waals surface area contributed by atoms with Crippen LogP contribution in [0.3, 0.4) is 0 Å². The lowest BCUT2D eigenvalue weighted by atomic mass is 9.96. The van der Waals surface area contributed by atoms with Crippen molar-refractivity contribution in [2.45, 2.75) is 33.2 Å². The Hall–Kier alpha value is -2.41. The number of piperidine rings is 1. The SMILES string of the molecule is CCN(Cc1cc(Br)ccc1F)C(=O)C1CCCN(C(=O)Nc2cccc(C)c2)C1. The number of nitrogens with one attached hydrogen (secondary N) is 1. The van der Waals surface area contributed by atoms with Crippen molar-refractivity contribution < 1.29 is 14.0 Å². The molecule has 1 aliphatic heterocycles. The molecule has 7 heteroatoms. The van der Waals surface area contributed by atoms with Gasteiger partial charge in [-0.3, -0.25) is 4.79 Å². The number of benzene rings is 2. The number of carbonyl (C=O) groups is 2. The van der Waals surface area contributed by atoms with Crippen LogP contribution in [0.25, 0.3) is 0 Å². The molecule has 160 valence electrons. The highest BCUT2D eigenvalue weighted by atomic mass is 79.9. The van der Waals surface area contributed by atoms with E-state index in [1.807, 2.05) is 38.1 Å². The normalized spacial score (nSPS) is 16.3. The molecule has 0 saturated carbocycles. The Morgan fingerprint density at radius 1 is 1.27 bits per heavy atom. The minimum atomic E-state index is -0.327. The first-order valence-electron chi connectivity index (χ1n) is 10.2. The van der Waals surface area contributed by atoms with Gasteiger partial charge in [-0.1, -0.05) is 28.1 Å². The molecule has 0 radical (unpaired) electrons. The molecule has 1 heterocycles. The van der Waals surface area contributed by atoms with E-state index in [1.165, 1.54) is 6.07 Å². The molecular weight excluding hydrogens is 449 g/mol. The number of urea groups is 1. The molecule has 1 unspecified atom stereocenters. The lowest BCUT2D eigenvalue weighted by Gasteiger charge is -2.35. The van der Waals surface area contributed by atoms with Crippen LogP contribution in [0.15, 0.2) is 46.9 Å². The van der Waals surface area contributed by atoms with E-state index in [1.54, 1.807) is 21.9 Å². The van der Waals surface area contributed by atoms with Crippen molar-refractivity contribution in [1.29, 1.82) is 0 Å². The Kier molecular flexibility index (Phi) is 7.48. The molecule has 3 amide bonds. The molecule has 0 bridgehead atoms. The average molecular weight is 476 g/mol. The maximum atomic E-state index is 14.2. The van der Waals surface area contributed by atoms with Gasteiger partial charge in [0.15, 0.2) is 0 Å². The monoisotopic (exact) mass is 475 g/mol. The minimum absolute atomic E-state index is 0.0371. The summed E-state index contributed by atoms with van der Waals surface area (Å²) in [6, 6.07) is 12.2. The predicted molar refractivity (Wildman–Crippen MR) is 120 cm³/mol. The van der Waals surface area contributed by atoms with Gasteiger partial charge in [0.25, 0.3) is 0 Å². The summed E-state index contributed by atoms with van der Waals surface area (Å²) in [6.07, 6.45) is 1.49. The number of hydrogen-bond donors (Lipinski definition) is 1. The average Bonchev–Trinajstić information content (AvgIpc) is 2.74. The third kappa shape index (κ3) is 5.59. The molecule has 0 spiro atoms. The first-order valence-corrected chi connectivity index (χ1v) is 11.0. The number of aryl methyl sites for hydroxylation is 1. The Balaban J connectivity index is 1.64. The Bertz CT molecular complexity index is 921. The highest BCUT2D eigenvalue weighted by Crippen LogP contribution is 2.23. The first-order chi connectivity index (χ1) is 14.4. The summed E-state index contributed by atoms with van der Waals surface area (Å²) in [6.45, 7) is 5.54. The van der Waals surface area contributed by atoms with Crippen LogP contribution >= 0.6 is 15.9 Å². The minimum Gasteiger partial charge on any atom is -0.338 e. The summed E-state index contributed by atoms with van der Waals surface area (Å²) in [5.41, 5.74) is 2.29. The van der Waals surface area contributed by atoms with Gasteiger partial charge in [-0.15, -0.1) is 0 Å². The summed E-state index contributed by atoms with van der Waals surface area (Å²) in [7, 11) is 0. The zero-order valence-electron chi connectivity index (χ0n) is 17.3. The fraction of sp³-hybridized carbons (Fsp3) is 0.391. The second-order valence-electron chi connectivity index (χ2n) is 7.67. The van der Waals surface area contributed by atoms with Gasteiger partial charge in [-0.05, 0) is 62.6 Å². The summed E-state index contributed by atoms with van der Waals surface area (Å²) >= 11 is 3.36. The molecule has 1 fully saturated rings. The van der Waals surface area contributed by atoms with Gasteiger partial charge in [0.05, 0.1) is 5.92 Å². The van der Waals surface area contributed by atoms with Crippen LogP contribution in [0, 0.1) is 18.7 Å². The molecule has 0 aromatic heterocycles. The van der Waals surface area contributed by atoms with E-state index in [4.69, 9.17) is 0 Å². The maximum Gasteiger partial charge on any atom is 0.321 e. The molecule has 1 N–H and O–H groups in total. The van der Waals surface area contributed by atoms with Gasteiger partial charge in [-0.2, -0.15) is 0 Å². The van der Waals surface area contributed by atoms with Crippen molar-refractivity contribution in [3.8, 4) is 0 Å². The number of nitrogens with zero attached hydrogens (tertiary/aromatic N) is 2. The zero-order chi connectivity index (χ0) is 21.7. The fourth-order valence-electron chi connectivity index (χ4n) is 3.76. The van der Waals surface area contributed by atoms with Gasteiger partial charge < -0.3 is 15.1 Å². The predicted octanol–water partition coefficient (Wildman–Crippen LogP) is 5.19. The van der Waals surface area contributed by atoms with E-state index in [-0.39, 0.29) is 30.2 Å². The lowest BCUT2D eigenvalue weighted by molar-refractivity contribution is -0.137. The fourth-order valence-corrected chi connectivity index (χ4v) is 4.17. The number of halogens is 2. The Labute approximate surface area is 185 Å². The molecule has 5 nitrogen and oxygen atoms in total. The van der Waals surface area contributed by atoms with Crippen LogP contribution in [0.4, 0.5) is 14.9 Å². The second-order valence-corrected chi connectivity index (χ2v) is 8.59. The topological polar surface area (TPSA) is 52.7 Å². The number of hydrogen-bond acceptors (Lipinski definition) is 2. The van der Waals surface area contributed by atoms with Crippen LogP contribution in [-0.4, -0.2) is 41.4 Å². The standard InChI is InChI=1S/C23H27BrFN3O2/c1-3-27(15-18-13-19(24)9-10-21(18)25)22(29)17-7-5-11-28(14-17)23(30)26-20-8-4-6-16(2)12-20/h4,6,8-10,12-13,17H,3,5,7,11,14-15H2,1-2H3,(H,26,30). The largest absolute Gasteiger partial charge is 0.338 e. The first kappa shape index (κ1) is 22.3. The van der Waals surface area contributed by atoms with E-state index in [9.17, 15) is 14.0 Å². The zero-order valence-corrected chi connectivity index (χ0v) is 18.9. The van der Waals surface area contributed by atoms with Gasteiger partial charge in [-0.25, -0.2) is 9.18 Å². The van der Waals surface area contributed by atoms with E-state index in [2.05, 4.69) is 21.2 Å². The summed E-state index contributed by atoms with van der Waals surface area (Å²) in [4.78, 5) is 29.2. The summed E-state index contributed by atoms with van der Waals surface area (Å²) in [5.74, 6) is -0.644. The molecule has 0 aliphatic carbocycles. The van der Waals surface area contributed by atoms with Gasteiger partial charge in [0, 0.05) is 41.9 Å². The molecule has 3 rings (SSSR count). The molecule has 1 aliphatic rings. The molecule has 1 saturated heterocycles. The number of carbonyl (C=O) groups excluding carboxylic acids is 2. The van der Waals surface area contributed by atoms with Crippen molar-refractivity contribution >= 4 is 33.6 Å². The van der Waals surface area contributed by atoms with Crippen LogP contribution in [0.2, 0.25) is 0 Å². The van der Waals surface area contributed by atoms with Crippen molar-refractivity contribution in [3.05, 3.63) is 63.9 Å². The molecular formula is C23H27BrFN3O2. The van der Waals surface area contributed by atoms with Gasteiger partial charge >= 0.3 is 6.03 Å². The van der Waals surface area contributed by atoms with Crippen LogP contribution < -0.4 is 5.32 Å². The van der Waals surface area contributed by atoms with Crippen LogP contribution in [0.5, 0.6) is 0 Å². The Morgan fingerprint density at radius 2 is 2.07 bits per heavy atom. The summed E-state index contributed by atoms with van der Waals surface area (Å²) < 4.78 is 14.9. The molecule has 2 aromatic carbocycles. The highest BCUT2D eigenvalue weighted by Gasteiger charge is 2.31. The molecule has 1 atom stereocenters. The summed E-state index contributed by atoms with van der Waals surface area (Å²) in [5, 5.41) is 2.92. The molecule has 2 aromatic rings. The smallest absolute Gasteiger partial charge is 0.321 e. The maximum absolute atomic E-state index is 14.2. The van der Waals surface area contributed by atoms with Crippen molar-refractivity contribution in [2.24, 2.45) is 5.92 Å². The number of anilines is 1. The number of rotatable bonds is 5.